The van der Waals surface area contributed by atoms with E-state index < -0.39 is 22.9 Å². The molecule has 0 aromatic carbocycles. The summed E-state index contributed by atoms with van der Waals surface area (Å²) in [4.78, 5) is 25.1. The van der Waals surface area contributed by atoms with Crippen molar-refractivity contribution >= 4 is 17.5 Å². The van der Waals surface area contributed by atoms with E-state index in [9.17, 15) is 9.18 Å². The fourth-order valence-corrected chi connectivity index (χ4v) is 4.32. The Morgan fingerprint density at radius 1 is 1.29 bits per heavy atom. The lowest BCUT2D eigenvalue weighted by molar-refractivity contribution is -0.153. The Labute approximate surface area is 180 Å². The zero-order valence-corrected chi connectivity index (χ0v) is 18.4. The molecule has 0 unspecified atom stereocenters. The summed E-state index contributed by atoms with van der Waals surface area (Å²) in [6, 6.07) is 0. The lowest BCUT2D eigenvalue weighted by Crippen LogP contribution is -2.54. The maximum atomic E-state index is 15.6. The maximum Gasteiger partial charge on any atom is 0.261 e. The van der Waals surface area contributed by atoms with Gasteiger partial charge in [0.25, 0.3) is 5.91 Å². The highest BCUT2D eigenvalue weighted by Crippen LogP contribution is 2.43. The van der Waals surface area contributed by atoms with Crippen molar-refractivity contribution in [3.63, 3.8) is 0 Å². The number of likely N-dealkylation sites (tertiary alicyclic amines) is 1. The Bertz CT molecular complexity index is 982. The van der Waals surface area contributed by atoms with Crippen molar-refractivity contribution in [2.45, 2.75) is 64.2 Å². The topological polar surface area (TPSA) is 90.0 Å². The van der Waals surface area contributed by atoms with E-state index in [1.165, 1.54) is 0 Å². The van der Waals surface area contributed by atoms with Gasteiger partial charge in [0.2, 0.25) is 0 Å². The molecule has 2 aromatic rings. The van der Waals surface area contributed by atoms with Gasteiger partial charge < -0.3 is 15.1 Å². The van der Waals surface area contributed by atoms with Crippen LogP contribution in [0.3, 0.4) is 0 Å². The first-order valence-corrected chi connectivity index (χ1v) is 10.7. The lowest BCUT2D eigenvalue weighted by atomic mass is 9.90. The van der Waals surface area contributed by atoms with Crippen LogP contribution in [0.25, 0.3) is 0 Å². The number of aryl methyl sites for hydroxylation is 1. The molecule has 10 heteroatoms. The van der Waals surface area contributed by atoms with Crippen LogP contribution in [-0.4, -0.2) is 61.7 Å². The third-order valence-corrected chi connectivity index (χ3v) is 6.38. The molecule has 2 aliphatic rings. The minimum absolute atomic E-state index is 0.0348. The first-order chi connectivity index (χ1) is 14.7. The first-order valence-electron chi connectivity index (χ1n) is 10.7. The number of nitrogens with one attached hydrogen (secondary N) is 2. The number of piperidine rings is 1. The van der Waals surface area contributed by atoms with Crippen LogP contribution in [0.1, 0.15) is 57.1 Å². The van der Waals surface area contributed by atoms with Crippen LogP contribution < -0.4 is 5.32 Å². The standard InChI is InChI=1S/C21H29F2N7O/c1-5-6-15-24-11-14(22)18(25-15)26-17-13-12-30(20(2,3)16(13)27-28-17)19(31)21(23)7-9-29(4)10-8-21/h11H,5-10,12H2,1-4H3,(H2,24,25,26,27,28). The molecule has 0 bridgehead atoms. The molecule has 4 heterocycles. The molecule has 0 spiro atoms. The number of carbonyl (C=O) groups excluding carboxylic acids is 1. The van der Waals surface area contributed by atoms with Gasteiger partial charge in [-0.25, -0.2) is 18.7 Å². The third-order valence-electron chi connectivity index (χ3n) is 6.38. The smallest absolute Gasteiger partial charge is 0.261 e. The van der Waals surface area contributed by atoms with Crippen molar-refractivity contribution in [1.82, 2.24) is 30.0 Å². The summed E-state index contributed by atoms with van der Waals surface area (Å²) in [6.07, 6.45) is 2.97. The summed E-state index contributed by atoms with van der Waals surface area (Å²) in [7, 11) is 1.93. The van der Waals surface area contributed by atoms with Gasteiger partial charge in [0.1, 0.15) is 5.82 Å². The molecule has 0 saturated carbocycles. The van der Waals surface area contributed by atoms with E-state index in [4.69, 9.17) is 0 Å². The maximum absolute atomic E-state index is 15.6. The van der Waals surface area contributed by atoms with Gasteiger partial charge in [0.05, 0.1) is 24.0 Å². The molecule has 31 heavy (non-hydrogen) atoms. The Hall–Kier alpha value is -2.62. The van der Waals surface area contributed by atoms with Crippen molar-refractivity contribution in [2.75, 3.05) is 25.5 Å². The average Bonchev–Trinajstić information content (AvgIpc) is 3.25. The van der Waals surface area contributed by atoms with Crippen molar-refractivity contribution in [3.05, 3.63) is 29.1 Å². The number of amides is 1. The minimum atomic E-state index is -1.87. The van der Waals surface area contributed by atoms with E-state index in [0.29, 0.717) is 42.4 Å². The number of H-pyrrole nitrogens is 1. The molecular formula is C21H29F2N7O. The fraction of sp³-hybridized carbons (Fsp3) is 0.619. The summed E-state index contributed by atoms with van der Waals surface area (Å²) in [6.45, 7) is 7.00. The average molecular weight is 434 g/mol. The Kier molecular flexibility index (Phi) is 5.45. The number of anilines is 2. The van der Waals surface area contributed by atoms with Gasteiger partial charge in [0.15, 0.2) is 23.1 Å². The van der Waals surface area contributed by atoms with E-state index in [1.807, 2.05) is 32.7 Å². The van der Waals surface area contributed by atoms with Gasteiger partial charge >= 0.3 is 0 Å². The monoisotopic (exact) mass is 433 g/mol. The van der Waals surface area contributed by atoms with Gasteiger partial charge in [-0.05, 0) is 27.3 Å². The molecule has 2 aromatic heterocycles. The molecule has 4 rings (SSSR count). The molecule has 0 aliphatic carbocycles. The summed E-state index contributed by atoms with van der Waals surface area (Å²) in [5.41, 5.74) is -1.21. The number of carbonyl (C=O) groups is 1. The zero-order chi connectivity index (χ0) is 22.4. The number of nitrogens with zero attached hydrogens (tertiary/aromatic N) is 5. The highest BCUT2D eigenvalue weighted by molar-refractivity contribution is 5.87. The Morgan fingerprint density at radius 2 is 2.00 bits per heavy atom. The number of aromatic nitrogens is 4. The minimum Gasteiger partial charge on any atom is -0.325 e. The van der Waals surface area contributed by atoms with E-state index in [-0.39, 0.29) is 25.2 Å². The van der Waals surface area contributed by atoms with Crippen molar-refractivity contribution in [1.29, 1.82) is 0 Å². The number of rotatable bonds is 5. The van der Waals surface area contributed by atoms with Crippen molar-refractivity contribution in [3.8, 4) is 0 Å². The van der Waals surface area contributed by atoms with Gasteiger partial charge in [0, 0.05) is 37.9 Å². The van der Waals surface area contributed by atoms with Crippen LogP contribution in [0.5, 0.6) is 0 Å². The lowest BCUT2D eigenvalue weighted by Gasteiger charge is -2.40. The molecular weight excluding hydrogens is 404 g/mol. The summed E-state index contributed by atoms with van der Waals surface area (Å²) in [5, 5.41) is 10.2. The van der Waals surface area contributed by atoms with Gasteiger partial charge in [-0.3, -0.25) is 9.89 Å². The van der Waals surface area contributed by atoms with Crippen LogP contribution in [0.4, 0.5) is 20.4 Å². The SMILES string of the molecule is CCCc1ncc(F)c(Nc2n[nH]c3c2CN(C(=O)C2(F)CCN(C)CC2)C3(C)C)n1. The summed E-state index contributed by atoms with van der Waals surface area (Å²) >= 11 is 0. The molecule has 1 amide bonds. The second-order valence-corrected chi connectivity index (χ2v) is 9.00. The van der Waals surface area contributed by atoms with Crippen LogP contribution >= 0.6 is 0 Å². The number of alkyl halides is 1. The summed E-state index contributed by atoms with van der Waals surface area (Å²) in [5.74, 6) is -0.130. The molecule has 0 radical (unpaired) electrons. The predicted molar refractivity (Wildman–Crippen MR) is 112 cm³/mol. The third kappa shape index (κ3) is 3.77. The van der Waals surface area contributed by atoms with E-state index in [0.717, 1.165) is 12.6 Å². The van der Waals surface area contributed by atoms with Crippen LogP contribution in [0.2, 0.25) is 0 Å². The first kappa shape index (κ1) is 21.6. The zero-order valence-electron chi connectivity index (χ0n) is 18.4. The van der Waals surface area contributed by atoms with Crippen molar-refractivity contribution < 1.29 is 13.6 Å². The molecule has 1 saturated heterocycles. The molecule has 8 nitrogen and oxygen atoms in total. The normalized spacial score (nSPS) is 20.0. The molecule has 168 valence electrons. The van der Waals surface area contributed by atoms with Crippen LogP contribution in [0, 0.1) is 5.82 Å². The van der Waals surface area contributed by atoms with Crippen molar-refractivity contribution in [2.24, 2.45) is 0 Å². The molecule has 0 atom stereocenters. The van der Waals surface area contributed by atoms with Gasteiger partial charge in [-0.2, -0.15) is 5.10 Å². The Morgan fingerprint density at radius 3 is 2.68 bits per heavy atom. The van der Waals surface area contributed by atoms with E-state index in [2.05, 4.69) is 25.5 Å². The predicted octanol–water partition coefficient (Wildman–Crippen LogP) is 3.05. The number of fused-ring (bicyclic) bond motifs is 1. The quantitative estimate of drug-likeness (QED) is 0.753. The van der Waals surface area contributed by atoms with E-state index in [1.54, 1.807) is 4.90 Å². The molecule has 2 aliphatic heterocycles. The fourth-order valence-electron chi connectivity index (χ4n) is 4.32. The van der Waals surface area contributed by atoms with Crippen LogP contribution in [-0.2, 0) is 23.3 Å². The number of hydrogen-bond donors (Lipinski definition) is 2. The molecule has 1 fully saturated rings. The number of halogens is 2. The van der Waals surface area contributed by atoms with Gasteiger partial charge in [-0.15, -0.1) is 0 Å². The number of aromatic amines is 1. The second kappa shape index (κ2) is 7.81. The highest BCUT2D eigenvalue weighted by atomic mass is 19.1. The molecule has 2 N–H and O–H groups in total. The Balaban J connectivity index is 1.59. The van der Waals surface area contributed by atoms with Gasteiger partial charge in [-0.1, -0.05) is 6.92 Å². The van der Waals surface area contributed by atoms with Crippen LogP contribution in [0.15, 0.2) is 6.20 Å². The largest absolute Gasteiger partial charge is 0.325 e. The highest BCUT2D eigenvalue weighted by Gasteiger charge is 2.51. The number of hydrogen-bond acceptors (Lipinski definition) is 6. The summed E-state index contributed by atoms with van der Waals surface area (Å²) < 4.78 is 29.8. The second-order valence-electron chi connectivity index (χ2n) is 9.00. The van der Waals surface area contributed by atoms with E-state index >= 15 is 4.39 Å².